The smallest absolute Gasteiger partial charge is 0.425 e. The highest BCUT2D eigenvalue weighted by molar-refractivity contribution is 5.93. The van der Waals surface area contributed by atoms with Gasteiger partial charge in [-0.15, -0.1) is 0 Å². The number of nitrogens with zero attached hydrogens (tertiary/aromatic N) is 4. The fourth-order valence-electron chi connectivity index (χ4n) is 4.05. The second-order valence-corrected chi connectivity index (χ2v) is 8.11. The number of aromatic nitrogens is 2. The number of ether oxygens (including phenoxy) is 1. The molecule has 2 fully saturated rings. The lowest BCUT2D eigenvalue weighted by molar-refractivity contribution is -0.200. The molecule has 0 radical (unpaired) electrons. The summed E-state index contributed by atoms with van der Waals surface area (Å²) in [5, 5.41) is 4.37. The van der Waals surface area contributed by atoms with Gasteiger partial charge < -0.3 is 14.5 Å². The van der Waals surface area contributed by atoms with E-state index in [9.17, 15) is 22.8 Å². The molecule has 162 valence electrons. The summed E-state index contributed by atoms with van der Waals surface area (Å²) in [5.41, 5.74) is 0.00583. The third-order valence-electron chi connectivity index (χ3n) is 5.89. The fourth-order valence-corrected chi connectivity index (χ4v) is 4.05. The van der Waals surface area contributed by atoms with Crippen molar-refractivity contribution in [2.45, 2.75) is 70.3 Å². The molecule has 1 atom stereocenters. The van der Waals surface area contributed by atoms with Crippen LogP contribution < -0.4 is 0 Å². The first-order chi connectivity index (χ1) is 13.5. The molecule has 1 aromatic heterocycles. The average Bonchev–Trinajstić information content (AvgIpc) is 3.29. The zero-order valence-electron chi connectivity index (χ0n) is 16.9. The van der Waals surface area contributed by atoms with Gasteiger partial charge in [-0.05, 0) is 52.5 Å². The maximum Gasteiger partial charge on any atom is 0.425 e. The summed E-state index contributed by atoms with van der Waals surface area (Å²) in [5.74, 6) is -0.136. The SMILES string of the molecule is CC(C)n1ccc(C(=O)N2CCCC23CCN(C(=O)OC(C)C(F)(F)F)CC3)n1. The van der Waals surface area contributed by atoms with Gasteiger partial charge in [0.05, 0.1) is 0 Å². The molecule has 7 nitrogen and oxygen atoms in total. The summed E-state index contributed by atoms with van der Waals surface area (Å²) in [6.45, 7) is 5.90. The number of carbonyl (C=O) groups is 2. The van der Waals surface area contributed by atoms with Gasteiger partial charge >= 0.3 is 12.3 Å². The number of likely N-dealkylation sites (tertiary alicyclic amines) is 2. The van der Waals surface area contributed by atoms with Crippen LogP contribution in [0.3, 0.4) is 0 Å². The van der Waals surface area contributed by atoms with E-state index in [4.69, 9.17) is 0 Å². The van der Waals surface area contributed by atoms with Crippen LogP contribution in [0.5, 0.6) is 0 Å². The minimum Gasteiger partial charge on any atom is -0.437 e. The van der Waals surface area contributed by atoms with Crippen molar-refractivity contribution in [3.8, 4) is 0 Å². The summed E-state index contributed by atoms with van der Waals surface area (Å²) in [6, 6.07) is 1.86. The van der Waals surface area contributed by atoms with Crippen LogP contribution in [-0.2, 0) is 4.74 Å². The van der Waals surface area contributed by atoms with Gasteiger partial charge in [-0.25, -0.2) is 4.79 Å². The zero-order valence-corrected chi connectivity index (χ0v) is 16.9. The molecule has 2 aliphatic rings. The van der Waals surface area contributed by atoms with E-state index in [1.165, 1.54) is 4.90 Å². The Labute approximate surface area is 167 Å². The second kappa shape index (κ2) is 7.87. The minimum absolute atomic E-state index is 0.136. The van der Waals surface area contributed by atoms with Crippen LogP contribution >= 0.6 is 0 Å². The van der Waals surface area contributed by atoms with E-state index < -0.39 is 18.4 Å². The number of hydrogen-bond donors (Lipinski definition) is 0. The second-order valence-electron chi connectivity index (χ2n) is 8.11. The molecule has 0 aromatic carbocycles. The van der Waals surface area contributed by atoms with Crippen molar-refractivity contribution in [1.82, 2.24) is 19.6 Å². The molecule has 2 saturated heterocycles. The van der Waals surface area contributed by atoms with Gasteiger partial charge in [0.2, 0.25) is 0 Å². The van der Waals surface area contributed by atoms with Gasteiger partial charge in [0.25, 0.3) is 5.91 Å². The van der Waals surface area contributed by atoms with Crippen LogP contribution in [0.4, 0.5) is 18.0 Å². The summed E-state index contributed by atoms with van der Waals surface area (Å²) in [6.07, 6.45) is -3.22. The lowest BCUT2D eigenvalue weighted by atomic mass is 9.85. The normalized spacial score (nSPS) is 20.4. The molecule has 1 aromatic rings. The number of alkyl halides is 3. The Morgan fingerprint density at radius 1 is 1.14 bits per heavy atom. The maximum absolute atomic E-state index is 13.0. The Bertz CT molecular complexity index is 754. The van der Waals surface area contributed by atoms with E-state index >= 15 is 0 Å². The van der Waals surface area contributed by atoms with Gasteiger partial charge in [-0.2, -0.15) is 18.3 Å². The van der Waals surface area contributed by atoms with E-state index in [-0.39, 0.29) is 30.6 Å². The van der Waals surface area contributed by atoms with E-state index in [1.54, 1.807) is 16.9 Å². The minimum atomic E-state index is -4.58. The maximum atomic E-state index is 13.0. The van der Waals surface area contributed by atoms with E-state index in [1.807, 2.05) is 18.7 Å². The van der Waals surface area contributed by atoms with Crippen LogP contribution in [0.25, 0.3) is 0 Å². The third kappa shape index (κ3) is 4.35. The molecule has 2 aliphatic heterocycles. The van der Waals surface area contributed by atoms with Crippen LogP contribution in [0.2, 0.25) is 0 Å². The van der Waals surface area contributed by atoms with Gasteiger partial charge in [-0.1, -0.05) is 0 Å². The summed E-state index contributed by atoms with van der Waals surface area (Å²) >= 11 is 0. The standard InChI is InChI=1S/C19H27F3N4O3/c1-13(2)26-10-5-15(23-26)16(27)25-9-4-6-18(25)7-11-24(12-8-18)17(28)29-14(3)19(20,21)22/h5,10,13-14H,4,6-9,11-12H2,1-3H3. The van der Waals surface area contributed by atoms with E-state index in [0.717, 1.165) is 19.8 Å². The van der Waals surface area contributed by atoms with Crippen molar-refractivity contribution in [3.63, 3.8) is 0 Å². The highest BCUT2D eigenvalue weighted by Crippen LogP contribution is 2.39. The molecule has 3 heterocycles. The first-order valence-corrected chi connectivity index (χ1v) is 9.93. The Hall–Kier alpha value is -2.26. The monoisotopic (exact) mass is 416 g/mol. The number of amides is 2. The molecule has 0 bridgehead atoms. The van der Waals surface area contributed by atoms with Gasteiger partial charge in [0, 0.05) is 37.4 Å². The predicted octanol–water partition coefficient (Wildman–Crippen LogP) is 3.62. The lowest BCUT2D eigenvalue weighted by Crippen LogP contribution is -2.55. The zero-order chi connectivity index (χ0) is 21.4. The molecule has 10 heteroatoms. The van der Waals surface area contributed by atoms with Crippen LogP contribution in [-0.4, -0.2) is 69.0 Å². The fraction of sp³-hybridized carbons (Fsp3) is 0.737. The number of hydrogen-bond acceptors (Lipinski definition) is 4. The molecule has 29 heavy (non-hydrogen) atoms. The van der Waals surface area contributed by atoms with Gasteiger partial charge in [0.15, 0.2) is 6.10 Å². The highest BCUT2D eigenvalue weighted by atomic mass is 19.4. The number of halogens is 3. The summed E-state index contributed by atoms with van der Waals surface area (Å²) in [7, 11) is 0. The van der Waals surface area contributed by atoms with Crippen LogP contribution in [0.15, 0.2) is 12.3 Å². The Balaban J connectivity index is 1.64. The molecular weight excluding hydrogens is 389 g/mol. The van der Waals surface area contributed by atoms with Crippen molar-refractivity contribution >= 4 is 12.0 Å². The number of rotatable bonds is 3. The van der Waals surface area contributed by atoms with Gasteiger partial charge in [-0.3, -0.25) is 9.48 Å². The summed E-state index contributed by atoms with van der Waals surface area (Å²) < 4.78 is 44.1. The predicted molar refractivity (Wildman–Crippen MR) is 98.4 cm³/mol. The first kappa shape index (κ1) is 21.4. The molecular formula is C19H27F3N4O3. The number of piperidine rings is 1. The molecule has 1 unspecified atom stereocenters. The quantitative estimate of drug-likeness (QED) is 0.755. The largest absolute Gasteiger partial charge is 0.437 e. The third-order valence-corrected chi connectivity index (χ3v) is 5.89. The Morgan fingerprint density at radius 2 is 1.79 bits per heavy atom. The lowest BCUT2D eigenvalue weighted by Gasteiger charge is -2.44. The molecule has 3 rings (SSSR count). The van der Waals surface area contributed by atoms with Crippen molar-refractivity contribution in [1.29, 1.82) is 0 Å². The summed E-state index contributed by atoms with van der Waals surface area (Å²) in [4.78, 5) is 28.2. The topological polar surface area (TPSA) is 67.7 Å². The molecule has 1 spiro atoms. The first-order valence-electron chi connectivity index (χ1n) is 9.93. The van der Waals surface area contributed by atoms with Crippen molar-refractivity contribution in [2.75, 3.05) is 19.6 Å². The molecule has 0 aliphatic carbocycles. The highest BCUT2D eigenvalue weighted by Gasteiger charge is 2.47. The number of carbonyl (C=O) groups excluding carboxylic acids is 2. The van der Waals surface area contributed by atoms with E-state index in [0.29, 0.717) is 25.1 Å². The van der Waals surface area contributed by atoms with Crippen LogP contribution in [0.1, 0.15) is 63.0 Å². The van der Waals surface area contributed by atoms with Crippen LogP contribution in [0, 0.1) is 0 Å². The van der Waals surface area contributed by atoms with Crippen molar-refractivity contribution in [3.05, 3.63) is 18.0 Å². The Kier molecular flexibility index (Phi) is 5.82. The Morgan fingerprint density at radius 3 is 2.34 bits per heavy atom. The average molecular weight is 416 g/mol. The molecule has 0 saturated carbocycles. The molecule has 0 N–H and O–H groups in total. The van der Waals surface area contributed by atoms with Crippen molar-refractivity contribution in [2.24, 2.45) is 0 Å². The van der Waals surface area contributed by atoms with E-state index in [2.05, 4.69) is 9.84 Å². The van der Waals surface area contributed by atoms with Crippen molar-refractivity contribution < 1.29 is 27.5 Å². The van der Waals surface area contributed by atoms with Gasteiger partial charge in [0.1, 0.15) is 5.69 Å². The molecule has 2 amide bonds.